The van der Waals surface area contributed by atoms with E-state index >= 15 is 0 Å². The summed E-state index contributed by atoms with van der Waals surface area (Å²) < 4.78 is 34.2. The molecule has 0 radical (unpaired) electrons. The molecule has 0 spiro atoms. The molecule has 4 unspecified atom stereocenters. The van der Waals surface area contributed by atoms with Crippen molar-refractivity contribution in [3.8, 4) is 0 Å². The Labute approximate surface area is 179 Å². The first kappa shape index (κ1) is 23.2. The van der Waals surface area contributed by atoms with Gasteiger partial charge in [0.15, 0.2) is 0 Å². The van der Waals surface area contributed by atoms with Gasteiger partial charge in [-0.2, -0.15) is 0 Å². The Hall–Kier alpha value is -1.47. The highest BCUT2D eigenvalue weighted by molar-refractivity contribution is 5.72. The van der Waals surface area contributed by atoms with Crippen LogP contribution in [-0.2, 0) is 9.53 Å². The molecule has 30 heavy (non-hydrogen) atoms. The molecule has 4 atom stereocenters. The Balaban J connectivity index is 1.71. The summed E-state index contributed by atoms with van der Waals surface area (Å²) >= 11 is 0. The van der Waals surface area contributed by atoms with Gasteiger partial charge < -0.3 is 20.3 Å². The number of allylic oxidation sites excluding steroid dienone is 4. The lowest BCUT2D eigenvalue weighted by Gasteiger charge is -2.38. The van der Waals surface area contributed by atoms with E-state index in [9.17, 15) is 13.6 Å². The van der Waals surface area contributed by atoms with Crippen LogP contribution in [-0.4, -0.2) is 63.4 Å². The topological polar surface area (TPSA) is 53.6 Å². The van der Waals surface area contributed by atoms with E-state index in [1.165, 1.54) is 7.11 Å². The molecule has 1 aliphatic carbocycles. The van der Waals surface area contributed by atoms with Crippen molar-refractivity contribution in [1.29, 1.82) is 0 Å². The van der Waals surface area contributed by atoms with Crippen molar-refractivity contribution in [1.82, 2.24) is 15.5 Å². The lowest BCUT2D eigenvalue weighted by atomic mass is 9.79. The minimum Gasteiger partial charge on any atom is -0.469 e. The van der Waals surface area contributed by atoms with Crippen molar-refractivity contribution in [2.45, 2.75) is 50.6 Å². The first-order valence-electron chi connectivity index (χ1n) is 11.4. The third-order valence-electron chi connectivity index (χ3n) is 7.05. The summed E-state index contributed by atoms with van der Waals surface area (Å²) in [6, 6.07) is 0. The van der Waals surface area contributed by atoms with Crippen LogP contribution in [0.4, 0.5) is 8.78 Å². The Morgan fingerprint density at radius 1 is 1.43 bits per heavy atom. The molecule has 170 valence electrons. The van der Waals surface area contributed by atoms with Gasteiger partial charge in [0, 0.05) is 31.2 Å². The number of ether oxygens (including phenoxy) is 1. The van der Waals surface area contributed by atoms with Crippen LogP contribution in [0.3, 0.4) is 0 Å². The average Bonchev–Trinajstić information content (AvgIpc) is 3.03. The molecule has 7 heteroatoms. The first-order valence-corrected chi connectivity index (χ1v) is 11.4. The van der Waals surface area contributed by atoms with Crippen LogP contribution < -0.4 is 10.6 Å². The highest BCUT2D eigenvalue weighted by atomic mass is 19.1. The second kappa shape index (κ2) is 10.7. The van der Waals surface area contributed by atoms with Gasteiger partial charge in [-0.3, -0.25) is 4.79 Å². The van der Waals surface area contributed by atoms with Crippen LogP contribution in [0.2, 0.25) is 0 Å². The van der Waals surface area contributed by atoms with Gasteiger partial charge in [-0.25, -0.2) is 8.78 Å². The van der Waals surface area contributed by atoms with E-state index in [4.69, 9.17) is 4.74 Å². The number of carbonyl (C=O) groups excluding carboxylic acids is 1. The minimum atomic E-state index is -1.12. The van der Waals surface area contributed by atoms with E-state index in [2.05, 4.69) is 15.5 Å². The average molecular weight is 426 g/mol. The zero-order valence-corrected chi connectivity index (χ0v) is 18.4. The molecule has 2 fully saturated rings. The summed E-state index contributed by atoms with van der Waals surface area (Å²) in [5.74, 6) is -0.0378. The maximum absolute atomic E-state index is 15.0. The van der Waals surface area contributed by atoms with Crippen molar-refractivity contribution < 1.29 is 18.3 Å². The van der Waals surface area contributed by atoms with Crippen LogP contribution in [0.15, 0.2) is 23.7 Å². The number of rotatable bonds is 8. The van der Waals surface area contributed by atoms with E-state index in [0.717, 1.165) is 57.6 Å². The number of esters is 1. The van der Waals surface area contributed by atoms with Crippen molar-refractivity contribution in [3.05, 3.63) is 23.7 Å². The zero-order chi connectivity index (χ0) is 21.6. The van der Waals surface area contributed by atoms with Gasteiger partial charge in [0.05, 0.1) is 13.0 Å². The second-order valence-corrected chi connectivity index (χ2v) is 9.07. The van der Waals surface area contributed by atoms with Gasteiger partial charge in [0.2, 0.25) is 0 Å². The van der Waals surface area contributed by atoms with Crippen LogP contribution >= 0.6 is 0 Å². The second-order valence-electron chi connectivity index (χ2n) is 9.07. The van der Waals surface area contributed by atoms with Gasteiger partial charge in [-0.1, -0.05) is 0 Å². The molecule has 0 aromatic carbocycles. The van der Waals surface area contributed by atoms with E-state index in [-0.39, 0.29) is 29.5 Å². The smallest absolute Gasteiger partial charge is 0.308 e. The van der Waals surface area contributed by atoms with Gasteiger partial charge in [0.25, 0.3) is 0 Å². The van der Waals surface area contributed by atoms with E-state index in [1.807, 2.05) is 7.05 Å². The molecule has 0 aromatic rings. The third-order valence-corrected chi connectivity index (χ3v) is 7.05. The fourth-order valence-electron chi connectivity index (χ4n) is 5.26. The Morgan fingerprint density at radius 3 is 2.97 bits per heavy atom. The van der Waals surface area contributed by atoms with E-state index in [0.29, 0.717) is 25.8 Å². The quantitative estimate of drug-likeness (QED) is 0.584. The fraction of sp³-hybridized carbons (Fsp3) is 0.783. The number of alkyl halides is 1. The summed E-state index contributed by atoms with van der Waals surface area (Å²) in [6.45, 7) is 3.48. The SMILES string of the molecule is CNCC(CCC1(F)CCNC1)C1CC=C(F)C=C1N1CCCC(C(=O)OC)CC1. The number of likely N-dealkylation sites (tertiary alicyclic amines) is 1. The van der Waals surface area contributed by atoms with Crippen molar-refractivity contribution >= 4 is 5.97 Å². The van der Waals surface area contributed by atoms with Crippen LogP contribution in [0.25, 0.3) is 0 Å². The molecule has 2 N–H and O–H groups in total. The third kappa shape index (κ3) is 5.82. The number of nitrogens with one attached hydrogen (secondary N) is 2. The van der Waals surface area contributed by atoms with Crippen molar-refractivity contribution in [3.63, 3.8) is 0 Å². The molecule has 2 saturated heterocycles. The predicted molar refractivity (Wildman–Crippen MR) is 114 cm³/mol. The molecule has 0 saturated carbocycles. The number of halogens is 2. The molecule has 3 rings (SSSR count). The summed E-state index contributed by atoms with van der Waals surface area (Å²) in [5, 5.41) is 6.40. The molecule has 0 amide bonds. The van der Waals surface area contributed by atoms with Crippen LogP contribution in [0.1, 0.15) is 44.9 Å². The largest absolute Gasteiger partial charge is 0.469 e. The Kier molecular flexibility index (Phi) is 8.28. The summed E-state index contributed by atoms with van der Waals surface area (Å²) in [7, 11) is 3.36. The van der Waals surface area contributed by atoms with Crippen LogP contribution in [0.5, 0.6) is 0 Å². The number of nitrogens with zero attached hydrogens (tertiary/aromatic N) is 1. The van der Waals surface area contributed by atoms with Crippen molar-refractivity contribution in [2.24, 2.45) is 17.8 Å². The lowest BCUT2D eigenvalue weighted by Crippen LogP contribution is -2.37. The van der Waals surface area contributed by atoms with Crippen LogP contribution in [0, 0.1) is 17.8 Å². The molecule has 2 aliphatic heterocycles. The number of carbonyl (C=O) groups is 1. The monoisotopic (exact) mass is 425 g/mol. The normalized spacial score (nSPS) is 31.0. The standard InChI is InChI=1S/C23H37F2N3O2/c1-26-15-18(7-9-23(25)10-11-27-16-23)20-6-5-19(24)14-21(20)28-12-3-4-17(8-13-28)22(29)30-2/h5,14,17-18,20,26-27H,3-4,6-13,15-16H2,1-2H3. The summed E-state index contributed by atoms with van der Waals surface area (Å²) in [6.07, 6.45) is 8.24. The molecule has 0 bridgehead atoms. The molecule has 3 aliphatic rings. The van der Waals surface area contributed by atoms with E-state index < -0.39 is 5.67 Å². The van der Waals surface area contributed by atoms with Crippen molar-refractivity contribution in [2.75, 3.05) is 46.9 Å². The van der Waals surface area contributed by atoms with Gasteiger partial charge >= 0.3 is 5.97 Å². The maximum atomic E-state index is 15.0. The van der Waals surface area contributed by atoms with Gasteiger partial charge in [0.1, 0.15) is 11.5 Å². The van der Waals surface area contributed by atoms with E-state index in [1.54, 1.807) is 12.2 Å². The summed E-state index contributed by atoms with van der Waals surface area (Å²) in [4.78, 5) is 14.2. The van der Waals surface area contributed by atoms with Gasteiger partial charge in [-0.15, -0.1) is 0 Å². The lowest BCUT2D eigenvalue weighted by molar-refractivity contribution is -0.145. The maximum Gasteiger partial charge on any atom is 0.308 e. The molecular formula is C23H37F2N3O2. The molecule has 0 aromatic heterocycles. The highest BCUT2D eigenvalue weighted by Crippen LogP contribution is 2.38. The number of methoxy groups -OCH3 is 1. The molecular weight excluding hydrogens is 388 g/mol. The highest BCUT2D eigenvalue weighted by Gasteiger charge is 2.37. The minimum absolute atomic E-state index is 0.0857. The molecule has 5 nitrogen and oxygen atoms in total. The predicted octanol–water partition coefficient (Wildman–Crippen LogP) is 3.34. The summed E-state index contributed by atoms with van der Waals surface area (Å²) in [5.41, 5.74) is -0.111. The fourth-order valence-corrected chi connectivity index (χ4v) is 5.26. The Morgan fingerprint density at radius 2 is 2.27 bits per heavy atom. The Bertz CT molecular complexity index is 646. The number of hydrogen-bond donors (Lipinski definition) is 2. The zero-order valence-electron chi connectivity index (χ0n) is 18.4. The first-order chi connectivity index (χ1) is 14.5. The number of hydrogen-bond acceptors (Lipinski definition) is 5. The molecule has 2 heterocycles. The van der Waals surface area contributed by atoms with Gasteiger partial charge in [-0.05, 0) is 83.2 Å².